The molecule has 1 saturated heterocycles. The molecule has 1 aliphatic carbocycles. The van der Waals surface area contributed by atoms with Gasteiger partial charge in [-0.15, -0.1) is 0 Å². The lowest BCUT2D eigenvalue weighted by molar-refractivity contribution is -0.161. The third-order valence-electron chi connectivity index (χ3n) is 4.89. The van der Waals surface area contributed by atoms with Gasteiger partial charge in [-0.1, -0.05) is 18.6 Å². The molecule has 2 aliphatic rings. The first-order chi connectivity index (χ1) is 11.0. The van der Waals surface area contributed by atoms with Crippen molar-refractivity contribution in [1.29, 1.82) is 0 Å². The first-order valence-corrected chi connectivity index (χ1v) is 7.88. The van der Waals surface area contributed by atoms with Gasteiger partial charge in [-0.05, 0) is 30.5 Å². The summed E-state index contributed by atoms with van der Waals surface area (Å²) in [5.41, 5.74) is -0.192. The third-order valence-corrected chi connectivity index (χ3v) is 4.89. The van der Waals surface area contributed by atoms with Crippen LogP contribution in [-0.4, -0.2) is 41.6 Å². The number of morpholine rings is 1. The van der Waals surface area contributed by atoms with Crippen molar-refractivity contribution in [3.05, 3.63) is 35.6 Å². The lowest BCUT2D eigenvalue weighted by Crippen LogP contribution is -2.47. The van der Waals surface area contributed by atoms with E-state index >= 15 is 0 Å². The summed E-state index contributed by atoms with van der Waals surface area (Å²) in [6.45, 7) is 1.14. The first kappa shape index (κ1) is 15.9. The molecule has 1 aromatic rings. The smallest absolute Gasteiger partial charge is 0.310 e. The standard InChI is InChI=1S/C17H20FNO4/c18-13-4-1-3-12(9-13)14-11-19(7-8-23-14)15(20)10-17(16(21)22)5-2-6-17/h1,3-4,9,14H,2,5-8,10-11H2,(H,21,22). The lowest BCUT2D eigenvalue weighted by Gasteiger charge is -2.40. The van der Waals surface area contributed by atoms with Crippen molar-refractivity contribution in [2.75, 3.05) is 19.7 Å². The molecule has 1 amide bonds. The molecule has 1 N–H and O–H groups in total. The van der Waals surface area contributed by atoms with Crippen molar-refractivity contribution in [2.24, 2.45) is 5.41 Å². The average Bonchev–Trinajstić information content (AvgIpc) is 2.50. The fraction of sp³-hybridized carbons (Fsp3) is 0.529. The van der Waals surface area contributed by atoms with Crippen molar-refractivity contribution >= 4 is 11.9 Å². The SMILES string of the molecule is O=C(CC1(C(=O)O)CCC1)N1CCOC(c2cccc(F)c2)C1. The Labute approximate surface area is 134 Å². The summed E-state index contributed by atoms with van der Waals surface area (Å²) in [5, 5.41) is 9.35. The van der Waals surface area contributed by atoms with Crippen molar-refractivity contribution in [3.63, 3.8) is 0 Å². The summed E-state index contributed by atoms with van der Waals surface area (Å²) in [6, 6.07) is 6.15. The van der Waals surface area contributed by atoms with Gasteiger partial charge in [0.2, 0.25) is 5.91 Å². The maximum absolute atomic E-state index is 13.3. The van der Waals surface area contributed by atoms with E-state index in [4.69, 9.17) is 4.74 Å². The monoisotopic (exact) mass is 321 g/mol. The van der Waals surface area contributed by atoms with Gasteiger partial charge in [0, 0.05) is 13.0 Å². The molecule has 2 fully saturated rings. The summed E-state index contributed by atoms with van der Waals surface area (Å²) in [7, 11) is 0. The summed E-state index contributed by atoms with van der Waals surface area (Å²) >= 11 is 0. The number of benzene rings is 1. The quantitative estimate of drug-likeness (QED) is 0.924. The van der Waals surface area contributed by atoms with E-state index in [0.717, 1.165) is 6.42 Å². The fourth-order valence-corrected chi connectivity index (χ4v) is 3.26. The highest BCUT2D eigenvalue weighted by Gasteiger charge is 2.46. The third kappa shape index (κ3) is 3.22. The van der Waals surface area contributed by atoms with Crippen LogP contribution in [0.3, 0.4) is 0 Å². The van der Waals surface area contributed by atoms with Crippen LogP contribution in [0.4, 0.5) is 4.39 Å². The van der Waals surface area contributed by atoms with Crippen molar-refractivity contribution in [3.8, 4) is 0 Å². The number of hydrogen-bond donors (Lipinski definition) is 1. The van der Waals surface area contributed by atoms with Gasteiger partial charge in [0.25, 0.3) is 0 Å². The molecule has 6 heteroatoms. The van der Waals surface area contributed by atoms with E-state index < -0.39 is 11.4 Å². The number of rotatable bonds is 4. The number of nitrogens with zero attached hydrogens (tertiary/aromatic N) is 1. The van der Waals surface area contributed by atoms with Crippen LogP contribution in [0.25, 0.3) is 0 Å². The number of aliphatic carboxylic acids is 1. The number of carbonyl (C=O) groups excluding carboxylic acids is 1. The van der Waals surface area contributed by atoms with Gasteiger partial charge in [-0.3, -0.25) is 9.59 Å². The Hall–Kier alpha value is -1.95. The predicted molar refractivity (Wildman–Crippen MR) is 80.2 cm³/mol. The summed E-state index contributed by atoms with van der Waals surface area (Å²) in [5.74, 6) is -1.38. The Morgan fingerprint density at radius 3 is 2.78 bits per heavy atom. The van der Waals surface area contributed by atoms with Gasteiger partial charge in [-0.25, -0.2) is 4.39 Å². The van der Waals surface area contributed by atoms with E-state index in [9.17, 15) is 19.1 Å². The molecule has 3 rings (SSSR count). The predicted octanol–water partition coefficient (Wildman–Crippen LogP) is 2.37. The average molecular weight is 321 g/mol. The highest BCUT2D eigenvalue weighted by atomic mass is 19.1. The van der Waals surface area contributed by atoms with E-state index in [1.54, 1.807) is 17.0 Å². The molecular formula is C17H20FNO4. The van der Waals surface area contributed by atoms with Crippen LogP contribution in [0, 0.1) is 11.2 Å². The molecule has 0 bridgehead atoms. The maximum Gasteiger partial charge on any atom is 0.310 e. The van der Waals surface area contributed by atoms with E-state index in [2.05, 4.69) is 0 Å². The Bertz CT molecular complexity index is 614. The number of hydrogen-bond acceptors (Lipinski definition) is 3. The van der Waals surface area contributed by atoms with Gasteiger partial charge < -0.3 is 14.7 Å². The first-order valence-electron chi connectivity index (χ1n) is 7.88. The van der Waals surface area contributed by atoms with E-state index in [1.807, 2.05) is 0 Å². The number of carboxylic acid groups (broad SMARTS) is 1. The number of carboxylic acids is 1. The molecule has 23 heavy (non-hydrogen) atoms. The van der Waals surface area contributed by atoms with Crippen LogP contribution in [-0.2, 0) is 14.3 Å². The summed E-state index contributed by atoms with van der Waals surface area (Å²) in [6.07, 6.45) is 1.65. The van der Waals surface area contributed by atoms with Crippen LogP contribution >= 0.6 is 0 Å². The van der Waals surface area contributed by atoms with Crippen LogP contribution in [0.2, 0.25) is 0 Å². The molecule has 1 aromatic carbocycles. The molecule has 0 spiro atoms. The lowest BCUT2D eigenvalue weighted by atomic mass is 9.66. The van der Waals surface area contributed by atoms with Gasteiger partial charge in [0.05, 0.1) is 18.6 Å². The Kier molecular flexibility index (Phi) is 4.35. The summed E-state index contributed by atoms with van der Waals surface area (Å²) < 4.78 is 19.0. The largest absolute Gasteiger partial charge is 0.481 e. The van der Waals surface area contributed by atoms with E-state index in [1.165, 1.54) is 12.1 Å². The Morgan fingerprint density at radius 1 is 1.39 bits per heavy atom. The van der Waals surface area contributed by atoms with Gasteiger partial charge in [0.15, 0.2) is 0 Å². The van der Waals surface area contributed by atoms with Crippen LogP contribution in [0.1, 0.15) is 37.4 Å². The second-order valence-electron chi connectivity index (χ2n) is 6.37. The van der Waals surface area contributed by atoms with Gasteiger partial charge >= 0.3 is 5.97 Å². The molecule has 5 nitrogen and oxygen atoms in total. The highest BCUT2D eigenvalue weighted by Crippen LogP contribution is 2.44. The second kappa shape index (κ2) is 6.28. The highest BCUT2D eigenvalue weighted by molar-refractivity contribution is 5.85. The zero-order chi connectivity index (χ0) is 16.4. The maximum atomic E-state index is 13.3. The minimum Gasteiger partial charge on any atom is -0.481 e. The zero-order valence-electron chi connectivity index (χ0n) is 12.8. The molecular weight excluding hydrogens is 301 g/mol. The van der Waals surface area contributed by atoms with Crippen molar-refractivity contribution in [2.45, 2.75) is 31.8 Å². The number of ether oxygens (including phenoxy) is 1. The van der Waals surface area contributed by atoms with E-state index in [0.29, 0.717) is 38.1 Å². The molecule has 0 aromatic heterocycles. The minimum absolute atomic E-state index is 0.0399. The van der Waals surface area contributed by atoms with Crippen LogP contribution in [0.5, 0.6) is 0 Å². The molecule has 1 aliphatic heterocycles. The fourth-order valence-electron chi connectivity index (χ4n) is 3.26. The van der Waals surface area contributed by atoms with Crippen LogP contribution in [0.15, 0.2) is 24.3 Å². The Balaban J connectivity index is 1.66. The number of carbonyl (C=O) groups is 2. The second-order valence-corrected chi connectivity index (χ2v) is 6.37. The Morgan fingerprint density at radius 2 is 2.17 bits per heavy atom. The molecule has 1 unspecified atom stereocenters. The molecule has 1 saturated carbocycles. The molecule has 0 radical (unpaired) electrons. The minimum atomic E-state index is -0.885. The molecule has 1 heterocycles. The molecule has 1 atom stereocenters. The van der Waals surface area contributed by atoms with Crippen molar-refractivity contribution < 1.29 is 23.8 Å². The van der Waals surface area contributed by atoms with Gasteiger partial charge in [-0.2, -0.15) is 0 Å². The normalized spacial score (nSPS) is 23.2. The summed E-state index contributed by atoms with van der Waals surface area (Å²) in [4.78, 5) is 25.5. The zero-order valence-corrected chi connectivity index (χ0v) is 12.8. The van der Waals surface area contributed by atoms with E-state index in [-0.39, 0.29) is 24.2 Å². The number of halogens is 1. The molecule has 124 valence electrons. The van der Waals surface area contributed by atoms with Gasteiger partial charge in [0.1, 0.15) is 11.9 Å². The van der Waals surface area contributed by atoms with Crippen LogP contribution < -0.4 is 0 Å². The topological polar surface area (TPSA) is 66.8 Å². The number of amides is 1. The van der Waals surface area contributed by atoms with Crippen molar-refractivity contribution in [1.82, 2.24) is 4.90 Å².